The van der Waals surface area contributed by atoms with Crippen LogP contribution in [0.25, 0.3) is 0 Å². The molecule has 1 atom stereocenters. The molecule has 1 aliphatic carbocycles. The quantitative estimate of drug-likeness (QED) is 0.414. The number of hydrogen-bond acceptors (Lipinski definition) is 4. The van der Waals surface area contributed by atoms with Crippen molar-refractivity contribution in [3.8, 4) is 0 Å². The molecule has 1 aliphatic rings. The van der Waals surface area contributed by atoms with Crippen molar-refractivity contribution in [2.75, 3.05) is 13.2 Å². The molecule has 1 amide bonds. The highest BCUT2D eigenvalue weighted by Gasteiger charge is 2.37. The summed E-state index contributed by atoms with van der Waals surface area (Å²) in [5.41, 5.74) is 3.45. The van der Waals surface area contributed by atoms with E-state index in [1.807, 2.05) is 12.1 Å². The number of amides is 1. The lowest BCUT2D eigenvalue weighted by molar-refractivity contribution is -0.122. The lowest BCUT2D eigenvalue weighted by atomic mass is 9.63. The van der Waals surface area contributed by atoms with Gasteiger partial charge in [-0.15, -0.1) is 0 Å². The second kappa shape index (κ2) is 8.53. The van der Waals surface area contributed by atoms with E-state index in [9.17, 15) is 9.59 Å². The van der Waals surface area contributed by atoms with Crippen molar-refractivity contribution < 1.29 is 19.4 Å². The van der Waals surface area contributed by atoms with Crippen LogP contribution in [0.4, 0.5) is 0 Å². The fraction of sp³-hybridized carbons (Fsp3) is 0.636. The molecular formula is C22H33NO4. The van der Waals surface area contributed by atoms with E-state index in [1.54, 1.807) is 0 Å². The maximum atomic E-state index is 12.6. The number of nitrogens with one attached hydrogen (secondary N) is 1. The molecule has 0 heterocycles. The van der Waals surface area contributed by atoms with Crippen LogP contribution in [0.3, 0.4) is 0 Å². The zero-order valence-electron chi connectivity index (χ0n) is 17.2. The predicted octanol–water partition coefficient (Wildman–Crippen LogP) is 3.47. The SMILES string of the molecule is CC(O)OCCNC(=O)CCC(=O)c1ccc2c(c1)C(C)(C)CCC2(C)C. The number of benzene rings is 1. The summed E-state index contributed by atoms with van der Waals surface area (Å²) in [4.78, 5) is 24.5. The average molecular weight is 376 g/mol. The van der Waals surface area contributed by atoms with Crippen LogP contribution < -0.4 is 5.32 Å². The summed E-state index contributed by atoms with van der Waals surface area (Å²) >= 11 is 0. The molecule has 0 fully saturated rings. The van der Waals surface area contributed by atoms with Gasteiger partial charge < -0.3 is 15.2 Å². The Kier molecular flexibility index (Phi) is 6.82. The van der Waals surface area contributed by atoms with Gasteiger partial charge in [-0.05, 0) is 47.8 Å². The molecule has 0 aromatic heterocycles. The van der Waals surface area contributed by atoms with Crippen LogP contribution in [0, 0.1) is 0 Å². The van der Waals surface area contributed by atoms with Gasteiger partial charge in [-0.3, -0.25) is 9.59 Å². The normalized spacial score (nSPS) is 18.4. The minimum atomic E-state index is -0.846. The Bertz CT molecular complexity index is 692. The van der Waals surface area contributed by atoms with E-state index in [2.05, 4.69) is 39.1 Å². The minimum absolute atomic E-state index is 0.00707. The van der Waals surface area contributed by atoms with Crippen LogP contribution in [-0.2, 0) is 20.4 Å². The van der Waals surface area contributed by atoms with Gasteiger partial charge in [-0.25, -0.2) is 0 Å². The Morgan fingerprint density at radius 1 is 1.11 bits per heavy atom. The van der Waals surface area contributed by atoms with Crippen molar-refractivity contribution in [2.24, 2.45) is 0 Å². The first-order valence-electron chi connectivity index (χ1n) is 9.77. The zero-order chi connectivity index (χ0) is 20.2. The molecule has 0 bridgehead atoms. The first-order chi connectivity index (χ1) is 12.5. The highest BCUT2D eigenvalue weighted by molar-refractivity contribution is 5.98. The Morgan fingerprint density at radius 3 is 2.37 bits per heavy atom. The maximum Gasteiger partial charge on any atom is 0.220 e. The Morgan fingerprint density at radius 2 is 1.74 bits per heavy atom. The van der Waals surface area contributed by atoms with E-state index >= 15 is 0 Å². The molecule has 1 aromatic carbocycles. The summed E-state index contributed by atoms with van der Waals surface area (Å²) in [5, 5.41) is 11.7. The first-order valence-corrected chi connectivity index (χ1v) is 9.77. The molecule has 5 heteroatoms. The third-order valence-corrected chi connectivity index (χ3v) is 5.54. The van der Waals surface area contributed by atoms with Crippen molar-refractivity contribution in [2.45, 2.75) is 77.4 Å². The number of carbonyl (C=O) groups is 2. The molecule has 1 aromatic rings. The van der Waals surface area contributed by atoms with E-state index in [4.69, 9.17) is 9.84 Å². The van der Waals surface area contributed by atoms with Crippen LogP contribution >= 0.6 is 0 Å². The molecule has 2 rings (SSSR count). The maximum absolute atomic E-state index is 12.6. The van der Waals surface area contributed by atoms with Crippen molar-refractivity contribution in [1.82, 2.24) is 5.32 Å². The van der Waals surface area contributed by atoms with Crippen molar-refractivity contribution >= 4 is 11.7 Å². The van der Waals surface area contributed by atoms with E-state index in [-0.39, 0.29) is 42.0 Å². The van der Waals surface area contributed by atoms with Gasteiger partial charge in [0.05, 0.1) is 6.61 Å². The number of Topliss-reactive ketones (excluding diaryl/α,β-unsaturated/α-hetero) is 1. The highest BCUT2D eigenvalue weighted by Crippen LogP contribution is 2.45. The molecule has 0 aliphatic heterocycles. The minimum Gasteiger partial charge on any atom is -0.368 e. The van der Waals surface area contributed by atoms with E-state index in [0.717, 1.165) is 12.8 Å². The summed E-state index contributed by atoms with van der Waals surface area (Å²) in [6.07, 6.45) is 1.73. The molecule has 0 saturated carbocycles. The predicted molar refractivity (Wildman–Crippen MR) is 106 cm³/mol. The van der Waals surface area contributed by atoms with Gasteiger partial charge in [0.25, 0.3) is 0 Å². The van der Waals surface area contributed by atoms with Crippen LogP contribution in [0.15, 0.2) is 18.2 Å². The lowest BCUT2D eigenvalue weighted by Gasteiger charge is -2.42. The Hall–Kier alpha value is -1.72. The topological polar surface area (TPSA) is 75.6 Å². The van der Waals surface area contributed by atoms with Gasteiger partial charge in [0, 0.05) is 24.9 Å². The Balaban J connectivity index is 1.97. The van der Waals surface area contributed by atoms with Crippen molar-refractivity contribution in [3.63, 3.8) is 0 Å². The zero-order valence-corrected chi connectivity index (χ0v) is 17.2. The molecule has 150 valence electrons. The van der Waals surface area contributed by atoms with Crippen LogP contribution in [0.2, 0.25) is 0 Å². The fourth-order valence-corrected chi connectivity index (χ4v) is 3.64. The van der Waals surface area contributed by atoms with E-state index < -0.39 is 6.29 Å². The molecule has 5 nitrogen and oxygen atoms in total. The first kappa shape index (κ1) is 21.6. The number of fused-ring (bicyclic) bond motifs is 1. The molecule has 0 spiro atoms. The van der Waals surface area contributed by atoms with Crippen LogP contribution in [-0.4, -0.2) is 36.2 Å². The van der Waals surface area contributed by atoms with Gasteiger partial charge in [-0.2, -0.15) is 0 Å². The summed E-state index contributed by atoms with van der Waals surface area (Å²) in [6, 6.07) is 6.03. The number of ketones is 1. The molecule has 27 heavy (non-hydrogen) atoms. The van der Waals surface area contributed by atoms with E-state index in [1.165, 1.54) is 18.1 Å². The second-order valence-electron chi connectivity index (χ2n) is 8.77. The lowest BCUT2D eigenvalue weighted by Crippen LogP contribution is -2.34. The number of rotatable bonds is 8. The molecule has 2 N–H and O–H groups in total. The third kappa shape index (κ3) is 5.63. The third-order valence-electron chi connectivity index (χ3n) is 5.54. The number of aliphatic hydroxyl groups excluding tert-OH is 1. The number of ether oxygens (including phenoxy) is 1. The average Bonchev–Trinajstić information content (AvgIpc) is 2.60. The second-order valence-corrected chi connectivity index (χ2v) is 8.77. The Labute approximate surface area is 162 Å². The largest absolute Gasteiger partial charge is 0.368 e. The van der Waals surface area contributed by atoms with Gasteiger partial charge in [-0.1, -0.05) is 39.8 Å². The molecule has 0 saturated heterocycles. The monoisotopic (exact) mass is 375 g/mol. The summed E-state index contributed by atoms with van der Waals surface area (Å²) < 4.78 is 4.95. The highest BCUT2D eigenvalue weighted by atomic mass is 16.6. The van der Waals surface area contributed by atoms with Gasteiger partial charge in [0.2, 0.25) is 5.91 Å². The molecular weight excluding hydrogens is 342 g/mol. The number of carbonyl (C=O) groups excluding carboxylic acids is 2. The molecule has 1 unspecified atom stereocenters. The van der Waals surface area contributed by atoms with Crippen molar-refractivity contribution in [1.29, 1.82) is 0 Å². The summed E-state index contributed by atoms with van der Waals surface area (Å²) in [5.74, 6) is -0.190. The smallest absolute Gasteiger partial charge is 0.220 e. The van der Waals surface area contributed by atoms with Crippen LogP contribution in [0.5, 0.6) is 0 Å². The van der Waals surface area contributed by atoms with Crippen LogP contribution in [0.1, 0.15) is 81.8 Å². The van der Waals surface area contributed by atoms with Gasteiger partial charge in [0.1, 0.15) is 0 Å². The van der Waals surface area contributed by atoms with Gasteiger partial charge in [0.15, 0.2) is 12.1 Å². The standard InChI is InChI=1S/C22H33NO4/c1-15(24)27-13-12-23-20(26)9-8-19(25)16-6-7-17-18(14-16)22(4,5)11-10-21(17,2)3/h6-7,14-15,24H,8-13H2,1-5H3,(H,23,26). The fourth-order valence-electron chi connectivity index (χ4n) is 3.64. The summed E-state index contributed by atoms with van der Waals surface area (Å²) in [7, 11) is 0. The number of hydrogen-bond donors (Lipinski definition) is 2. The molecule has 0 radical (unpaired) electrons. The number of aliphatic hydroxyl groups is 1. The van der Waals surface area contributed by atoms with E-state index in [0.29, 0.717) is 12.1 Å². The van der Waals surface area contributed by atoms with Crippen molar-refractivity contribution in [3.05, 3.63) is 34.9 Å². The summed E-state index contributed by atoms with van der Waals surface area (Å²) in [6.45, 7) is 11.1. The van der Waals surface area contributed by atoms with Gasteiger partial charge >= 0.3 is 0 Å².